The molecule has 1 aromatic rings. The maximum absolute atomic E-state index is 14.5. The van der Waals surface area contributed by atoms with Crippen molar-refractivity contribution in [3.8, 4) is 0 Å². The monoisotopic (exact) mass is 1350 g/mol. The first-order chi connectivity index (χ1) is 44.3. The van der Waals surface area contributed by atoms with E-state index in [-0.39, 0.29) is 6.42 Å². The van der Waals surface area contributed by atoms with Gasteiger partial charge in [-0.3, -0.25) is 86.3 Å². The summed E-state index contributed by atoms with van der Waals surface area (Å²) in [6, 6.07) is -14.2. The highest BCUT2D eigenvalue weighted by Crippen LogP contribution is 2.14. The molecular formula is C56H80N12O27. The highest BCUT2D eigenvalue weighted by atomic mass is 16.4. The zero-order valence-electron chi connectivity index (χ0n) is 51.8. The van der Waals surface area contributed by atoms with Crippen LogP contribution < -0.4 is 64.6 Å². The summed E-state index contributed by atoms with van der Waals surface area (Å²) in [5.74, 6) is -30.0. The van der Waals surface area contributed by atoms with Gasteiger partial charge < -0.3 is 105 Å². The van der Waals surface area contributed by atoms with Gasteiger partial charge in [0.1, 0.15) is 60.4 Å². The second kappa shape index (κ2) is 40.9. The molecule has 0 spiro atoms. The Kier molecular flexibility index (Phi) is 35.3. The molecule has 0 saturated carbocycles. The lowest BCUT2D eigenvalue weighted by Crippen LogP contribution is -2.62. The molecule has 1 aromatic carbocycles. The zero-order chi connectivity index (χ0) is 72.6. The number of carboxylic acid groups (broad SMARTS) is 8. The van der Waals surface area contributed by atoms with Crippen LogP contribution in [0.1, 0.15) is 117 Å². The van der Waals surface area contributed by atoms with Crippen molar-refractivity contribution < 1.29 is 132 Å². The van der Waals surface area contributed by atoms with Crippen molar-refractivity contribution in [1.29, 1.82) is 0 Å². The van der Waals surface area contributed by atoms with Crippen molar-refractivity contribution in [3.63, 3.8) is 0 Å². The van der Waals surface area contributed by atoms with Gasteiger partial charge >= 0.3 is 47.8 Å². The Balaban J connectivity index is 3.78. The second-order valence-electron chi connectivity index (χ2n) is 21.7. The quantitative estimate of drug-likeness (QED) is 0.0289. The van der Waals surface area contributed by atoms with Gasteiger partial charge in [0, 0.05) is 25.7 Å². The number of nitrogens with one attached hydrogen (secondary N) is 10. The van der Waals surface area contributed by atoms with Gasteiger partial charge in [-0.05, 0) is 36.7 Å². The van der Waals surface area contributed by atoms with E-state index in [9.17, 15) is 132 Å². The lowest BCUT2D eigenvalue weighted by molar-refractivity contribution is -0.144. The van der Waals surface area contributed by atoms with Gasteiger partial charge in [0.2, 0.25) is 65.0 Å². The van der Waals surface area contributed by atoms with E-state index in [4.69, 9.17) is 11.5 Å². The second-order valence-corrected chi connectivity index (χ2v) is 21.7. The summed E-state index contributed by atoms with van der Waals surface area (Å²) >= 11 is 0. The lowest BCUT2D eigenvalue weighted by Gasteiger charge is -2.29. The molecule has 1 rings (SSSR count). The van der Waals surface area contributed by atoms with E-state index in [1.54, 1.807) is 19.9 Å². The third kappa shape index (κ3) is 31.3. The molecule has 95 heavy (non-hydrogen) atoms. The topological polar surface area (TPSA) is 659 Å². The molecule has 0 aromatic heterocycles. The molecular weight excluding hydrogens is 1270 g/mol. The predicted octanol–water partition coefficient (Wildman–Crippen LogP) is -6.05. The lowest BCUT2D eigenvalue weighted by atomic mass is 9.96. The highest BCUT2D eigenvalue weighted by molar-refractivity contribution is 6.01. The molecule has 0 saturated heterocycles. The van der Waals surface area contributed by atoms with Crippen LogP contribution in [0.5, 0.6) is 0 Å². The third-order valence-corrected chi connectivity index (χ3v) is 14.2. The standard InChI is InChI=1S/C56H80N12O27/c1-5-24(3)44(58)54(92)65-33(22-42(80)81)52(90)63-32(21-41(78)79)51(89)64-34(23-43(82)83)53(91)68-45(25(4)6-2)55(93)66-30(18-26-10-8-7-9-11-26)49(87)60-27(12-15-37(70)71)46(84)59-28(13-16-38(72)73)47(85)62-31(20-40(76)77)50(88)61-29(14-17-39(74)75)48(86)67-35(56(94)95)19-36(57)69/h7-11,24-25,27-35,44-45H,5-6,12-23,58H2,1-4H3,(H2,57,69)(H,59,84)(H,60,87)(H,61,88)(H,62,85)(H,63,90)(H,64,89)(H,65,92)(H,66,93)(H,67,86)(H,68,91)(H,70,71)(H,72,73)(H,74,75)(H,76,77)(H,78,79)(H,80,81)(H,82,83)(H,94,95)/t24-,25-,27-,28-,29-,30-,31-,32-,33-,34-,35-,44-,45-/m0/s1. The number of carboxylic acids is 8. The molecule has 0 aliphatic heterocycles. The molecule has 0 unspecified atom stereocenters. The number of primary amides is 1. The van der Waals surface area contributed by atoms with Gasteiger partial charge in [-0.15, -0.1) is 0 Å². The Hall–Kier alpha value is -10.9. The normalized spacial score (nSPS) is 15.0. The van der Waals surface area contributed by atoms with Crippen LogP contribution in [0, 0.1) is 11.8 Å². The average molecular weight is 1350 g/mol. The van der Waals surface area contributed by atoms with Gasteiger partial charge in [0.05, 0.1) is 38.1 Å². The van der Waals surface area contributed by atoms with Gasteiger partial charge in [-0.2, -0.15) is 0 Å². The van der Waals surface area contributed by atoms with Crippen molar-refractivity contribution in [2.45, 2.75) is 184 Å². The van der Waals surface area contributed by atoms with Gasteiger partial charge in [-0.1, -0.05) is 70.9 Å². The van der Waals surface area contributed by atoms with Crippen LogP contribution in [0.15, 0.2) is 30.3 Å². The van der Waals surface area contributed by atoms with Crippen LogP contribution in [-0.4, -0.2) is 220 Å². The number of rotatable bonds is 46. The minimum absolute atomic E-state index is 0.0296. The van der Waals surface area contributed by atoms with E-state index in [0.717, 1.165) is 0 Å². The van der Waals surface area contributed by atoms with Crippen molar-refractivity contribution in [2.24, 2.45) is 23.3 Å². The summed E-state index contributed by atoms with van der Waals surface area (Å²) in [7, 11) is 0. The smallest absolute Gasteiger partial charge is 0.326 e. The molecule has 0 heterocycles. The number of carbonyl (C=O) groups excluding carboxylic acids is 11. The first-order valence-electron chi connectivity index (χ1n) is 29.2. The first kappa shape index (κ1) is 82.1. The number of hydrogen-bond acceptors (Lipinski definition) is 20. The molecule has 0 radical (unpaired) electrons. The number of amides is 11. The van der Waals surface area contributed by atoms with Crippen LogP contribution >= 0.6 is 0 Å². The van der Waals surface area contributed by atoms with Crippen molar-refractivity contribution in [1.82, 2.24) is 53.2 Å². The van der Waals surface area contributed by atoms with Crippen LogP contribution in [0.4, 0.5) is 0 Å². The Morgan fingerprint density at radius 2 is 0.632 bits per heavy atom. The Bertz CT molecular complexity index is 3000. The summed E-state index contributed by atoms with van der Waals surface area (Å²) in [6.07, 6.45) is -11.4. The van der Waals surface area contributed by atoms with E-state index in [1.807, 2.05) is 26.6 Å². The molecule has 13 atom stereocenters. The van der Waals surface area contributed by atoms with Crippen LogP contribution in [-0.2, 0) is 97.5 Å². The summed E-state index contributed by atoms with van der Waals surface area (Å²) in [6.45, 7) is 6.18. The van der Waals surface area contributed by atoms with Crippen LogP contribution in [0.3, 0.4) is 0 Å². The fourth-order valence-electron chi connectivity index (χ4n) is 8.51. The number of benzene rings is 1. The molecule has 0 fully saturated rings. The van der Waals surface area contributed by atoms with Gasteiger partial charge in [0.25, 0.3) is 0 Å². The van der Waals surface area contributed by atoms with E-state index in [1.165, 1.54) is 38.1 Å². The number of nitrogens with two attached hydrogens (primary N) is 2. The SMILES string of the molecule is CC[C@H](C)[C@H](N)C(=O)N[C@@H](CC(=O)O)C(=O)N[C@@H](CC(=O)O)C(=O)N[C@@H](CC(=O)O)C(=O)N[C@H](C(=O)N[C@@H](Cc1ccccc1)C(=O)N[C@@H](CCC(=O)O)C(=O)N[C@@H](CCC(=O)O)C(=O)N[C@@H](CC(=O)O)C(=O)N[C@@H](CCC(=O)O)C(=O)N[C@@H](CC(N)=O)C(=O)O)[C@@H](C)CC. The van der Waals surface area contributed by atoms with Gasteiger partial charge in [0.15, 0.2) is 0 Å². The Labute approximate surface area is 539 Å². The maximum atomic E-state index is 14.5. The van der Waals surface area contributed by atoms with Crippen LogP contribution in [0.25, 0.3) is 0 Å². The number of carbonyl (C=O) groups is 19. The summed E-state index contributed by atoms with van der Waals surface area (Å²) in [4.78, 5) is 244. The predicted molar refractivity (Wildman–Crippen MR) is 317 cm³/mol. The third-order valence-electron chi connectivity index (χ3n) is 14.2. The molecule has 0 aliphatic rings. The minimum Gasteiger partial charge on any atom is -0.481 e. The maximum Gasteiger partial charge on any atom is 0.326 e. The fourth-order valence-corrected chi connectivity index (χ4v) is 8.51. The van der Waals surface area contributed by atoms with E-state index < -0.39 is 268 Å². The summed E-state index contributed by atoms with van der Waals surface area (Å²) < 4.78 is 0. The Morgan fingerprint density at radius 1 is 0.347 bits per heavy atom. The average Bonchev–Trinajstić information content (AvgIpc) is 0.887. The molecule has 39 nitrogen and oxygen atoms in total. The number of aliphatic carboxylic acids is 8. The van der Waals surface area contributed by atoms with E-state index >= 15 is 0 Å². The Morgan fingerprint density at radius 3 is 0.937 bits per heavy atom. The molecule has 22 N–H and O–H groups in total. The minimum atomic E-state index is -2.27. The zero-order valence-corrected chi connectivity index (χ0v) is 51.8. The summed E-state index contributed by atoms with van der Waals surface area (Å²) in [5.41, 5.74) is 11.3. The van der Waals surface area contributed by atoms with E-state index in [0.29, 0.717) is 12.0 Å². The van der Waals surface area contributed by atoms with Crippen molar-refractivity contribution in [2.75, 3.05) is 0 Å². The molecule has 11 amide bonds. The van der Waals surface area contributed by atoms with Gasteiger partial charge in [-0.25, -0.2) is 4.79 Å². The molecule has 0 bridgehead atoms. The highest BCUT2D eigenvalue weighted by Gasteiger charge is 2.39. The molecule has 39 heteroatoms. The molecule has 526 valence electrons. The largest absolute Gasteiger partial charge is 0.481 e. The van der Waals surface area contributed by atoms with Crippen molar-refractivity contribution in [3.05, 3.63) is 35.9 Å². The van der Waals surface area contributed by atoms with Crippen molar-refractivity contribution >= 4 is 113 Å². The van der Waals surface area contributed by atoms with E-state index in [2.05, 4.69) is 26.6 Å². The molecule has 0 aliphatic carbocycles. The van der Waals surface area contributed by atoms with Crippen LogP contribution in [0.2, 0.25) is 0 Å². The fraction of sp³-hybridized carbons (Fsp3) is 0.554. The first-order valence-corrected chi connectivity index (χ1v) is 29.2. The summed E-state index contributed by atoms with van der Waals surface area (Å²) in [5, 5.41) is 97.6. The number of hydrogen-bond donors (Lipinski definition) is 20.